The topological polar surface area (TPSA) is 53.0 Å². The van der Waals surface area contributed by atoms with E-state index in [-0.39, 0.29) is 6.61 Å². The van der Waals surface area contributed by atoms with Crippen molar-refractivity contribution < 1.29 is 14.6 Å². The average molecular weight is 201 g/mol. The largest absolute Gasteiger partial charge is 0.394 e. The summed E-state index contributed by atoms with van der Waals surface area (Å²) < 4.78 is 5.16. The lowest BCUT2D eigenvalue weighted by Crippen LogP contribution is -2.46. The molecule has 1 rings (SSSR count). The Labute approximate surface area is 84.2 Å². The third-order valence-electron chi connectivity index (χ3n) is 2.29. The molecular weight excluding hydrogens is 184 g/mol. The van der Waals surface area contributed by atoms with Crippen molar-refractivity contribution in [2.24, 2.45) is 0 Å². The standard InChI is InChI=1S/C9H17N2O3/c12-6-8-14-7-5-10-1-3-11(9-13)4-2-10/h12H,1-8H2. The van der Waals surface area contributed by atoms with Crippen LogP contribution in [-0.4, -0.2) is 73.9 Å². The molecule has 1 heterocycles. The number of aliphatic hydroxyl groups excluding tert-OH is 1. The Morgan fingerprint density at radius 2 is 1.93 bits per heavy atom. The quantitative estimate of drug-likeness (QED) is 0.542. The van der Waals surface area contributed by atoms with Gasteiger partial charge in [0.2, 0.25) is 0 Å². The minimum absolute atomic E-state index is 0.0773. The van der Waals surface area contributed by atoms with Crippen LogP contribution in [0.25, 0.3) is 0 Å². The highest BCUT2D eigenvalue weighted by atomic mass is 16.5. The summed E-state index contributed by atoms with van der Waals surface area (Å²) in [4.78, 5) is 14.2. The maximum Gasteiger partial charge on any atom is 0.312 e. The van der Waals surface area contributed by atoms with Crippen LogP contribution in [0, 0.1) is 0 Å². The van der Waals surface area contributed by atoms with Gasteiger partial charge in [-0.15, -0.1) is 0 Å². The SMILES string of the molecule is O=[C]N1CCN(CCOCCO)CC1. The molecule has 1 N–H and O–H groups in total. The molecule has 1 aliphatic heterocycles. The molecule has 0 saturated carbocycles. The molecule has 1 saturated heterocycles. The van der Waals surface area contributed by atoms with Gasteiger partial charge in [-0.3, -0.25) is 9.69 Å². The number of piperazine rings is 1. The lowest BCUT2D eigenvalue weighted by atomic mass is 10.3. The number of nitrogens with zero attached hydrogens (tertiary/aromatic N) is 2. The Balaban J connectivity index is 2.01. The van der Waals surface area contributed by atoms with Crippen molar-refractivity contribution >= 4 is 6.41 Å². The van der Waals surface area contributed by atoms with E-state index in [4.69, 9.17) is 9.84 Å². The molecule has 0 atom stereocenters. The summed E-state index contributed by atoms with van der Waals surface area (Å²) >= 11 is 0. The fourth-order valence-electron chi connectivity index (χ4n) is 1.42. The van der Waals surface area contributed by atoms with Gasteiger partial charge in [-0.1, -0.05) is 0 Å². The van der Waals surface area contributed by atoms with Gasteiger partial charge in [0, 0.05) is 32.7 Å². The van der Waals surface area contributed by atoms with Gasteiger partial charge in [0.05, 0.1) is 19.8 Å². The van der Waals surface area contributed by atoms with E-state index in [1.807, 2.05) is 6.41 Å². The first-order valence-corrected chi connectivity index (χ1v) is 4.90. The van der Waals surface area contributed by atoms with Crippen LogP contribution in [-0.2, 0) is 9.53 Å². The summed E-state index contributed by atoms with van der Waals surface area (Å²) in [6, 6.07) is 0. The zero-order valence-electron chi connectivity index (χ0n) is 8.31. The first kappa shape index (κ1) is 11.4. The van der Waals surface area contributed by atoms with E-state index in [1.165, 1.54) is 0 Å². The molecule has 81 valence electrons. The number of amides is 1. The van der Waals surface area contributed by atoms with Crippen molar-refractivity contribution in [3.8, 4) is 0 Å². The Bertz CT molecular complexity index is 158. The monoisotopic (exact) mass is 201 g/mol. The van der Waals surface area contributed by atoms with Crippen molar-refractivity contribution in [1.29, 1.82) is 0 Å². The highest BCUT2D eigenvalue weighted by molar-refractivity contribution is 5.48. The fraction of sp³-hybridized carbons (Fsp3) is 0.889. The van der Waals surface area contributed by atoms with Crippen LogP contribution in [0.3, 0.4) is 0 Å². The molecule has 1 amide bonds. The summed E-state index contributed by atoms with van der Waals surface area (Å²) in [5, 5.41) is 8.48. The maximum absolute atomic E-state index is 10.3. The fourth-order valence-corrected chi connectivity index (χ4v) is 1.42. The molecule has 1 fully saturated rings. The molecule has 0 spiro atoms. The second-order valence-corrected chi connectivity index (χ2v) is 3.26. The zero-order chi connectivity index (χ0) is 10.2. The number of ether oxygens (including phenoxy) is 1. The Morgan fingerprint density at radius 1 is 1.21 bits per heavy atom. The summed E-state index contributed by atoms with van der Waals surface area (Å²) in [6.07, 6.45) is 1.89. The second kappa shape index (κ2) is 6.75. The summed E-state index contributed by atoms with van der Waals surface area (Å²) in [6.45, 7) is 5.27. The predicted octanol–water partition coefficient (Wildman–Crippen LogP) is -1.32. The van der Waals surface area contributed by atoms with Crippen molar-refractivity contribution in [3.05, 3.63) is 0 Å². The molecule has 5 heteroatoms. The van der Waals surface area contributed by atoms with Crippen LogP contribution in [0.2, 0.25) is 0 Å². The molecule has 14 heavy (non-hydrogen) atoms. The van der Waals surface area contributed by atoms with Gasteiger partial charge in [0.25, 0.3) is 0 Å². The maximum atomic E-state index is 10.3. The Morgan fingerprint density at radius 3 is 2.50 bits per heavy atom. The van der Waals surface area contributed by atoms with Gasteiger partial charge in [-0.2, -0.15) is 0 Å². The first-order valence-electron chi connectivity index (χ1n) is 4.90. The molecular formula is C9H17N2O3. The minimum atomic E-state index is 0.0773. The number of rotatable bonds is 6. The third kappa shape index (κ3) is 4.04. The van der Waals surface area contributed by atoms with Crippen molar-refractivity contribution in [3.63, 3.8) is 0 Å². The number of hydrogen-bond acceptors (Lipinski definition) is 4. The molecule has 0 bridgehead atoms. The molecule has 1 radical (unpaired) electrons. The van der Waals surface area contributed by atoms with E-state index < -0.39 is 0 Å². The van der Waals surface area contributed by atoms with Crippen molar-refractivity contribution in [1.82, 2.24) is 9.80 Å². The lowest BCUT2D eigenvalue weighted by molar-refractivity contribution is 0.0649. The Kier molecular flexibility index (Phi) is 5.51. The van der Waals surface area contributed by atoms with Crippen LogP contribution in [0.1, 0.15) is 0 Å². The summed E-state index contributed by atoms with van der Waals surface area (Å²) in [5.74, 6) is 0. The molecule has 1 aliphatic rings. The molecule has 0 aromatic rings. The average Bonchev–Trinajstić information content (AvgIpc) is 2.25. The number of carbonyl (C=O) groups excluding carboxylic acids is 1. The van der Waals surface area contributed by atoms with Gasteiger partial charge in [0.1, 0.15) is 0 Å². The third-order valence-corrected chi connectivity index (χ3v) is 2.29. The van der Waals surface area contributed by atoms with E-state index in [0.29, 0.717) is 13.2 Å². The van der Waals surface area contributed by atoms with Gasteiger partial charge in [-0.05, 0) is 0 Å². The normalized spacial score (nSPS) is 18.5. The van der Waals surface area contributed by atoms with Gasteiger partial charge < -0.3 is 14.7 Å². The Hall–Kier alpha value is -0.650. The summed E-state index contributed by atoms with van der Waals surface area (Å²) in [7, 11) is 0. The molecule has 5 nitrogen and oxygen atoms in total. The number of hydrogen-bond donors (Lipinski definition) is 1. The van der Waals surface area contributed by atoms with E-state index in [1.54, 1.807) is 4.90 Å². The molecule has 0 aromatic heterocycles. The van der Waals surface area contributed by atoms with E-state index >= 15 is 0 Å². The summed E-state index contributed by atoms with van der Waals surface area (Å²) in [5.41, 5.74) is 0. The van der Waals surface area contributed by atoms with E-state index in [0.717, 1.165) is 32.7 Å². The van der Waals surface area contributed by atoms with Crippen LogP contribution < -0.4 is 0 Å². The van der Waals surface area contributed by atoms with Crippen molar-refractivity contribution in [2.75, 3.05) is 52.5 Å². The second-order valence-electron chi connectivity index (χ2n) is 3.26. The van der Waals surface area contributed by atoms with Crippen LogP contribution in [0.15, 0.2) is 0 Å². The van der Waals surface area contributed by atoms with Gasteiger partial charge >= 0.3 is 6.41 Å². The van der Waals surface area contributed by atoms with Crippen LogP contribution in [0.4, 0.5) is 0 Å². The van der Waals surface area contributed by atoms with Gasteiger partial charge in [-0.25, -0.2) is 0 Å². The van der Waals surface area contributed by atoms with Gasteiger partial charge in [0.15, 0.2) is 0 Å². The zero-order valence-corrected chi connectivity index (χ0v) is 8.31. The van der Waals surface area contributed by atoms with Crippen LogP contribution in [0.5, 0.6) is 0 Å². The molecule has 0 aliphatic carbocycles. The lowest BCUT2D eigenvalue weighted by Gasteiger charge is -2.31. The number of aliphatic hydroxyl groups is 1. The molecule has 0 unspecified atom stereocenters. The van der Waals surface area contributed by atoms with E-state index in [2.05, 4.69) is 4.90 Å². The first-order chi connectivity index (χ1) is 6.86. The predicted molar refractivity (Wildman–Crippen MR) is 51.6 cm³/mol. The van der Waals surface area contributed by atoms with Crippen LogP contribution >= 0.6 is 0 Å². The van der Waals surface area contributed by atoms with E-state index in [9.17, 15) is 4.79 Å². The highest BCUT2D eigenvalue weighted by Crippen LogP contribution is 1.98. The minimum Gasteiger partial charge on any atom is -0.394 e. The highest BCUT2D eigenvalue weighted by Gasteiger charge is 2.14. The van der Waals surface area contributed by atoms with Crippen molar-refractivity contribution in [2.45, 2.75) is 0 Å². The molecule has 0 aromatic carbocycles. The smallest absolute Gasteiger partial charge is 0.312 e.